The predicted octanol–water partition coefficient (Wildman–Crippen LogP) is 2.35. The fourth-order valence-corrected chi connectivity index (χ4v) is 3.57. The zero-order valence-corrected chi connectivity index (χ0v) is 15.1. The van der Waals surface area contributed by atoms with Crippen LogP contribution in [0, 0.1) is 11.6 Å². The van der Waals surface area contributed by atoms with Gasteiger partial charge in [0.2, 0.25) is 0 Å². The first-order chi connectivity index (χ1) is 13.6. The quantitative estimate of drug-likeness (QED) is 0.749. The summed E-state index contributed by atoms with van der Waals surface area (Å²) in [5, 5.41) is 6.07. The van der Waals surface area contributed by atoms with E-state index >= 15 is 0 Å². The highest BCUT2D eigenvalue weighted by molar-refractivity contribution is 5.37. The third-order valence-electron chi connectivity index (χ3n) is 4.93. The topological polar surface area (TPSA) is 65.1 Å². The van der Waals surface area contributed by atoms with Crippen molar-refractivity contribution in [1.29, 1.82) is 0 Å². The van der Waals surface area contributed by atoms with Gasteiger partial charge in [-0.15, -0.1) is 0 Å². The number of hydrogen-bond acceptors (Lipinski definition) is 5. The van der Waals surface area contributed by atoms with Crippen molar-refractivity contribution >= 4 is 5.82 Å². The fraction of sp³-hybridized carbons (Fsp3) is 0.250. The average molecular weight is 383 g/mol. The molecule has 0 bridgehead atoms. The molecule has 144 valence electrons. The molecule has 1 N–H and O–H groups in total. The zero-order valence-electron chi connectivity index (χ0n) is 15.1. The molecule has 1 aromatic heterocycles. The number of halogens is 2. The molecule has 3 aromatic rings. The molecule has 0 amide bonds. The van der Waals surface area contributed by atoms with Crippen LogP contribution in [0.5, 0.6) is 0 Å². The molecule has 0 aliphatic carbocycles. The summed E-state index contributed by atoms with van der Waals surface area (Å²) < 4.78 is 26.8. The van der Waals surface area contributed by atoms with Crippen molar-refractivity contribution in [2.75, 3.05) is 31.1 Å². The molecule has 4 rings (SSSR count). The maximum atomic E-state index is 13.4. The van der Waals surface area contributed by atoms with Crippen LogP contribution < -0.4 is 10.6 Å². The van der Waals surface area contributed by atoms with E-state index < -0.39 is 5.69 Å². The lowest BCUT2D eigenvalue weighted by atomic mass is 9.96. The van der Waals surface area contributed by atoms with Crippen LogP contribution in [-0.2, 0) is 0 Å². The van der Waals surface area contributed by atoms with Gasteiger partial charge in [0, 0.05) is 26.2 Å². The van der Waals surface area contributed by atoms with Crippen molar-refractivity contribution in [1.82, 2.24) is 20.1 Å². The maximum absolute atomic E-state index is 13.4. The number of aromatic amines is 1. The van der Waals surface area contributed by atoms with Crippen LogP contribution in [0.3, 0.4) is 0 Å². The highest BCUT2D eigenvalue weighted by atomic mass is 19.1. The molecule has 1 aliphatic rings. The van der Waals surface area contributed by atoms with Crippen molar-refractivity contribution in [2.24, 2.45) is 0 Å². The first-order valence-corrected chi connectivity index (χ1v) is 9.02. The van der Waals surface area contributed by atoms with Gasteiger partial charge in [0.15, 0.2) is 5.82 Å². The highest BCUT2D eigenvalue weighted by Crippen LogP contribution is 2.30. The monoisotopic (exact) mass is 383 g/mol. The van der Waals surface area contributed by atoms with Crippen LogP contribution in [0.25, 0.3) is 0 Å². The van der Waals surface area contributed by atoms with Gasteiger partial charge in [-0.2, -0.15) is 10.1 Å². The molecule has 2 heterocycles. The maximum Gasteiger partial charge on any atom is 0.363 e. The number of nitrogens with zero attached hydrogens (tertiary/aromatic N) is 4. The number of anilines is 1. The van der Waals surface area contributed by atoms with Gasteiger partial charge >= 0.3 is 5.69 Å². The number of rotatable bonds is 4. The van der Waals surface area contributed by atoms with Gasteiger partial charge in [-0.3, -0.25) is 4.90 Å². The number of hydrogen-bond donors (Lipinski definition) is 1. The van der Waals surface area contributed by atoms with E-state index in [2.05, 4.69) is 20.1 Å². The summed E-state index contributed by atoms with van der Waals surface area (Å²) in [6.45, 7) is 2.73. The molecule has 8 heteroatoms. The molecule has 0 spiro atoms. The third kappa shape index (κ3) is 3.91. The Hall–Kier alpha value is -3.13. The van der Waals surface area contributed by atoms with E-state index in [1.807, 2.05) is 4.90 Å². The van der Waals surface area contributed by atoms with Gasteiger partial charge in [0.1, 0.15) is 11.6 Å². The van der Waals surface area contributed by atoms with E-state index in [1.54, 1.807) is 24.3 Å². The number of H-pyrrole nitrogens is 1. The predicted molar refractivity (Wildman–Crippen MR) is 101 cm³/mol. The Labute approximate surface area is 160 Å². The second kappa shape index (κ2) is 7.85. The van der Waals surface area contributed by atoms with E-state index in [-0.39, 0.29) is 17.7 Å². The summed E-state index contributed by atoms with van der Waals surface area (Å²) in [5.74, 6) is -0.0397. The van der Waals surface area contributed by atoms with Crippen molar-refractivity contribution in [3.8, 4) is 0 Å². The molecule has 6 nitrogen and oxygen atoms in total. The van der Waals surface area contributed by atoms with Gasteiger partial charge in [-0.05, 0) is 35.4 Å². The smallest absolute Gasteiger partial charge is 0.353 e. The van der Waals surface area contributed by atoms with Crippen LogP contribution in [0.4, 0.5) is 14.6 Å². The lowest BCUT2D eigenvalue weighted by molar-refractivity contribution is 0.211. The van der Waals surface area contributed by atoms with Gasteiger partial charge in [-0.1, -0.05) is 24.3 Å². The van der Waals surface area contributed by atoms with Gasteiger partial charge < -0.3 is 4.90 Å². The van der Waals surface area contributed by atoms with Crippen LogP contribution >= 0.6 is 0 Å². The standard InChI is InChI=1S/C20H19F2N5O/c21-16-5-1-14(2-6-16)19(15-3-7-17(22)8-4-15)27-11-9-26(10-12-27)18-13-23-25-20(28)24-18/h1-8,13,19H,9-12H2,(H,24,25,28). The first kappa shape index (κ1) is 18.2. The second-order valence-electron chi connectivity index (χ2n) is 6.67. The summed E-state index contributed by atoms with van der Waals surface area (Å²) in [5.41, 5.74) is 1.41. The van der Waals surface area contributed by atoms with Crippen LogP contribution in [0.15, 0.2) is 59.5 Å². The molecule has 1 fully saturated rings. The van der Waals surface area contributed by atoms with Crippen molar-refractivity contribution in [3.63, 3.8) is 0 Å². The van der Waals surface area contributed by atoms with E-state index in [1.165, 1.54) is 30.5 Å². The molecule has 1 aliphatic heterocycles. The van der Waals surface area contributed by atoms with Gasteiger partial charge in [0.25, 0.3) is 0 Å². The summed E-state index contributed by atoms with van der Waals surface area (Å²) >= 11 is 0. The molecule has 0 unspecified atom stereocenters. The number of aromatic nitrogens is 3. The number of nitrogens with one attached hydrogen (secondary N) is 1. The van der Waals surface area contributed by atoms with Crippen molar-refractivity contribution in [3.05, 3.63) is 88.0 Å². The minimum absolute atomic E-state index is 0.117. The van der Waals surface area contributed by atoms with E-state index in [0.717, 1.165) is 11.1 Å². The third-order valence-corrected chi connectivity index (χ3v) is 4.93. The van der Waals surface area contributed by atoms with Crippen molar-refractivity contribution < 1.29 is 8.78 Å². The van der Waals surface area contributed by atoms with Crippen LogP contribution in [-0.4, -0.2) is 46.3 Å². The molecule has 1 saturated heterocycles. The second-order valence-corrected chi connectivity index (χ2v) is 6.67. The minimum Gasteiger partial charge on any atom is -0.353 e. The van der Waals surface area contributed by atoms with Crippen molar-refractivity contribution in [2.45, 2.75) is 6.04 Å². The lowest BCUT2D eigenvalue weighted by Crippen LogP contribution is -2.48. The van der Waals surface area contributed by atoms with Crippen LogP contribution in [0.1, 0.15) is 17.2 Å². The SMILES string of the molecule is O=c1nc(N2CCN(C(c3ccc(F)cc3)c3ccc(F)cc3)CC2)cn[nH]1. The largest absolute Gasteiger partial charge is 0.363 e. The summed E-state index contributed by atoms with van der Waals surface area (Å²) in [6, 6.07) is 12.7. The van der Waals surface area contributed by atoms with Gasteiger partial charge in [0.05, 0.1) is 12.2 Å². The van der Waals surface area contributed by atoms with E-state index in [0.29, 0.717) is 32.0 Å². The Kier molecular flexibility index (Phi) is 5.12. The Bertz CT molecular complexity index is 937. The molecule has 2 aromatic carbocycles. The lowest BCUT2D eigenvalue weighted by Gasteiger charge is -2.40. The zero-order chi connectivity index (χ0) is 19.5. The normalized spacial score (nSPS) is 15.2. The van der Waals surface area contributed by atoms with Gasteiger partial charge in [-0.25, -0.2) is 18.7 Å². The van der Waals surface area contributed by atoms with E-state index in [9.17, 15) is 13.6 Å². The summed E-state index contributed by atoms with van der Waals surface area (Å²) in [7, 11) is 0. The highest BCUT2D eigenvalue weighted by Gasteiger charge is 2.27. The average Bonchev–Trinajstić information content (AvgIpc) is 2.72. The van der Waals surface area contributed by atoms with E-state index in [4.69, 9.17) is 0 Å². The Morgan fingerprint density at radius 3 is 1.89 bits per heavy atom. The summed E-state index contributed by atoms with van der Waals surface area (Å²) in [4.78, 5) is 19.6. The van der Waals surface area contributed by atoms with Crippen LogP contribution in [0.2, 0.25) is 0 Å². The molecule has 0 radical (unpaired) electrons. The molecular weight excluding hydrogens is 364 g/mol. The first-order valence-electron chi connectivity index (χ1n) is 9.02. The molecule has 28 heavy (non-hydrogen) atoms. The number of piperazine rings is 1. The Morgan fingerprint density at radius 1 is 0.857 bits per heavy atom. The minimum atomic E-state index is -0.476. The number of benzene rings is 2. The fourth-order valence-electron chi connectivity index (χ4n) is 3.57. The molecule has 0 saturated carbocycles. The molecule has 0 atom stereocenters. The molecular formula is C20H19F2N5O. The Morgan fingerprint density at radius 2 is 1.39 bits per heavy atom. The summed E-state index contributed by atoms with van der Waals surface area (Å²) in [6.07, 6.45) is 1.54. The Balaban J connectivity index is 1.58.